The summed E-state index contributed by atoms with van der Waals surface area (Å²) in [7, 11) is 1.58. The van der Waals surface area contributed by atoms with Gasteiger partial charge in [0.25, 0.3) is 0 Å². The van der Waals surface area contributed by atoms with Crippen LogP contribution < -0.4 is 15.0 Å². The molecule has 0 bridgehead atoms. The highest BCUT2D eigenvalue weighted by molar-refractivity contribution is 6.03. The molecule has 5 heteroatoms. The first-order chi connectivity index (χ1) is 11.6. The molecule has 1 aliphatic rings. The maximum atomic E-state index is 12.5. The Labute approximate surface area is 141 Å². The second-order valence-electron chi connectivity index (χ2n) is 5.96. The average molecular weight is 324 g/mol. The van der Waals surface area contributed by atoms with E-state index in [4.69, 9.17) is 4.74 Å². The molecule has 0 aliphatic carbocycles. The summed E-state index contributed by atoms with van der Waals surface area (Å²) in [6, 6.07) is 14.9. The van der Waals surface area contributed by atoms with Crippen molar-refractivity contribution < 1.29 is 14.3 Å². The second-order valence-corrected chi connectivity index (χ2v) is 5.96. The molecule has 1 heterocycles. The van der Waals surface area contributed by atoms with Crippen LogP contribution in [0.2, 0.25) is 0 Å². The molecule has 0 spiro atoms. The van der Waals surface area contributed by atoms with Crippen LogP contribution >= 0.6 is 0 Å². The van der Waals surface area contributed by atoms with E-state index in [9.17, 15) is 9.59 Å². The van der Waals surface area contributed by atoms with Gasteiger partial charge in [-0.15, -0.1) is 0 Å². The Kier molecular flexibility index (Phi) is 4.51. The summed E-state index contributed by atoms with van der Waals surface area (Å²) >= 11 is 0. The minimum atomic E-state index is -0.356. The number of benzene rings is 2. The molecule has 124 valence electrons. The second kappa shape index (κ2) is 6.74. The first-order valence-electron chi connectivity index (χ1n) is 7.89. The van der Waals surface area contributed by atoms with Crippen molar-refractivity contribution in [2.45, 2.75) is 13.3 Å². The summed E-state index contributed by atoms with van der Waals surface area (Å²) in [5.74, 6) is 0.150. The van der Waals surface area contributed by atoms with Crippen LogP contribution in [0.4, 0.5) is 11.4 Å². The number of hydrogen-bond acceptors (Lipinski definition) is 3. The van der Waals surface area contributed by atoms with Gasteiger partial charge >= 0.3 is 0 Å². The van der Waals surface area contributed by atoms with E-state index < -0.39 is 0 Å². The number of nitrogens with one attached hydrogen (secondary N) is 1. The number of rotatable bonds is 4. The lowest BCUT2D eigenvalue weighted by Crippen LogP contribution is -2.28. The van der Waals surface area contributed by atoms with E-state index in [1.807, 2.05) is 43.3 Å². The van der Waals surface area contributed by atoms with E-state index in [1.165, 1.54) is 0 Å². The maximum absolute atomic E-state index is 12.5. The highest BCUT2D eigenvalue weighted by Crippen LogP contribution is 2.26. The van der Waals surface area contributed by atoms with Crippen molar-refractivity contribution in [1.29, 1.82) is 0 Å². The molecule has 1 fully saturated rings. The first-order valence-corrected chi connectivity index (χ1v) is 7.89. The number of methoxy groups -OCH3 is 1. The standard InChI is InChI=1S/C19H20N2O3/c1-13-6-8-16(9-7-13)21-12-14(10-18(21)22)19(23)20-15-4-3-5-17(11-15)24-2/h3-9,11,14H,10,12H2,1-2H3,(H,20,23)/t14-/m0/s1. The lowest BCUT2D eigenvalue weighted by molar-refractivity contribution is -0.122. The Balaban J connectivity index is 1.68. The largest absolute Gasteiger partial charge is 0.497 e. The summed E-state index contributed by atoms with van der Waals surface area (Å²) in [5, 5.41) is 2.86. The number of aryl methyl sites for hydroxylation is 1. The molecule has 1 aliphatic heterocycles. The molecular formula is C19H20N2O3. The Morgan fingerprint density at radius 3 is 2.67 bits per heavy atom. The third-order valence-corrected chi connectivity index (χ3v) is 4.18. The van der Waals surface area contributed by atoms with Crippen molar-refractivity contribution in [2.75, 3.05) is 23.9 Å². The third kappa shape index (κ3) is 3.40. The topological polar surface area (TPSA) is 58.6 Å². The average Bonchev–Trinajstić information content (AvgIpc) is 2.98. The molecule has 0 aromatic heterocycles. The Bertz CT molecular complexity index is 755. The van der Waals surface area contributed by atoms with Crippen molar-refractivity contribution in [2.24, 2.45) is 5.92 Å². The van der Waals surface area contributed by atoms with Crippen molar-refractivity contribution in [3.8, 4) is 5.75 Å². The Hall–Kier alpha value is -2.82. The van der Waals surface area contributed by atoms with Crippen LogP contribution in [0.25, 0.3) is 0 Å². The van der Waals surface area contributed by atoms with Crippen LogP contribution in [0.1, 0.15) is 12.0 Å². The monoisotopic (exact) mass is 324 g/mol. The van der Waals surface area contributed by atoms with Crippen LogP contribution in [0.5, 0.6) is 5.75 Å². The third-order valence-electron chi connectivity index (χ3n) is 4.18. The fourth-order valence-electron chi connectivity index (χ4n) is 2.80. The number of nitrogens with zero attached hydrogens (tertiary/aromatic N) is 1. The Morgan fingerprint density at radius 2 is 1.96 bits per heavy atom. The SMILES string of the molecule is COc1cccc(NC(=O)[C@H]2CC(=O)N(c3ccc(C)cc3)C2)c1. The summed E-state index contributed by atoms with van der Waals surface area (Å²) < 4.78 is 5.15. The van der Waals surface area contributed by atoms with Gasteiger partial charge in [0, 0.05) is 30.4 Å². The van der Waals surface area contributed by atoms with Crippen molar-refractivity contribution in [3.05, 3.63) is 54.1 Å². The van der Waals surface area contributed by atoms with E-state index in [1.54, 1.807) is 24.1 Å². The predicted molar refractivity (Wildman–Crippen MR) is 93.3 cm³/mol. The summed E-state index contributed by atoms with van der Waals surface area (Å²) in [6.45, 7) is 2.40. The van der Waals surface area contributed by atoms with Crippen molar-refractivity contribution >= 4 is 23.2 Å². The lowest BCUT2D eigenvalue weighted by atomic mass is 10.1. The van der Waals surface area contributed by atoms with Crippen LogP contribution in [-0.2, 0) is 9.59 Å². The van der Waals surface area contributed by atoms with E-state index in [0.29, 0.717) is 18.0 Å². The number of hydrogen-bond donors (Lipinski definition) is 1. The molecule has 0 unspecified atom stereocenters. The molecule has 24 heavy (non-hydrogen) atoms. The number of ether oxygens (including phenoxy) is 1. The minimum absolute atomic E-state index is 0.0235. The highest BCUT2D eigenvalue weighted by atomic mass is 16.5. The molecule has 1 atom stereocenters. The van der Waals surface area contributed by atoms with Gasteiger partial charge in [-0.3, -0.25) is 9.59 Å². The minimum Gasteiger partial charge on any atom is -0.497 e. The zero-order valence-electron chi connectivity index (χ0n) is 13.8. The van der Waals surface area contributed by atoms with Crippen LogP contribution in [-0.4, -0.2) is 25.5 Å². The van der Waals surface area contributed by atoms with Gasteiger partial charge < -0.3 is 15.0 Å². The number of carbonyl (C=O) groups excluding carboxylic acids is 2. The van der Waals surface area contributed by atoms with E-state index >= 15 is 0 Å². The zero-order valence-corrected chi connectivity index (χ0v) is 13.8. The fourth-order valence-corrected chi connectivity index (χ4v) is 2.80. The highest BCUT2D eigenvalue weighted by Gasteiger charge is 2.35. The number of amides is 2. The van der Waals surface area contributed by atoms with Gasteiger partial charge in [0.1, 0.15) is 5.75 Å². The smallest absolute Gasteiger partial charge is 0.229 e. The van der Waals surface area contributed by atoms with Gasteiger partial charge in [0.2, 0.25) is 11.8 Å². The molecule has 3 rings (SSSR count). The lowest BCUT2D eigenvalue weighted by Gasteiger charge is -2.17. The summed E-state index contributed by atoms with van der Waals surface area (Å²) in [6.07, 6.45) is 0.226. The predicted octanol–water partition coefficient (Wildman–Crippen LogP) is 3.00. The molecule has 1 N–H and O–H groups in total. The molecular weight excluding hydrogens is 304 g/mol. The first kappa shape index (κ1) is 16.1. The van der Waals surface area contributed by atoms with Gasteiger partial charge in [-0.05, 0) is 31.2 Å². The van der Waals surface area contributed by atoms with Crippen LogP contribution in [0.3, 0.4) is 0 Å². The van der Waals surface area contributed by atoms with E-state index in [-0.39, 0.29) is 24.2 Å². The molecule has 2 aromatic carbocycles. The van der Waals surface area contributed by atoms with Gasteiger partial charge in [0.05, 0.1) is 13.0 Å². The number of anilines is 2. The zero-order chi connectivity index (χ0) is 17.1. The van der Waals surface area contributed by atoms with Crippen LogP contribution in [0, 0.1) is 12.8 Å². The summed E-state index contributed by atoms with van der Waals surface area (Å²) in [4.78, 5) is 26.4. The molecule has 2 aromatic rings. The van der Waals surface area contributed by atoms with Gasteiger partial charge in [-0.25, -0.2) is 0 Å². The fraction of sp³-hybridized carbons (Fsp3) is 0.263. The van der Waals surface area contributed by atoms with Crippen LogP contribution in [0.15, 0.2) is 48.5 Å². The van der Waals surface area contributed by atoms with E-state index in [0.717, 1.165) is 11.3 Å². The molecule has 2 amide bonds. The van der Waals surface area contributed by atoms with Crippen molar-refractivity contribution in [1.82, 2.24) is 0 Å². The van der Waals surface area contributed by atoms with Gasteiger partial charge in [-0.2, -0.15) is 0 Å². The van der Waals surface area contributed by atoms with Gasteiger partial charge in [-0.1, -0.05) is 23.8 Å². The number of carbonyl (C=O) groups is 2. The normalized spacial score (nSPS) is 17.0. The quantitative estimate of drug-likeness (QED) is 0.940. The van der Waals surface area contributed by atoms with Gasteiger partial charge in [0.15, 0.2) is 0 Å². The molecule has 0 saturated carbocycles. The molecule has 0 radical (unpaired) electrons. The van der Waals surface area contributed by atoms with Crippen molar-refractivity contribution in [3.63, 3.8) is 0 Å². The molecule has 1 saturated heterocycles. The maximum Gasteiger partial charge on any atom is 0.229 e. The molecule has 5 nitrogen and oxygen atoms in total. The Morgan fingerprint density at radius 1 is 1.21 bits per heavy atom. The summed E-state index contributed by atoms with van der Waals surface area (Å²) in [5.41, 5.74) is 2.64. The van der Waals surface area contributed by atoms with E-state index in [2.05, 4.69) is 5.32 Å².